The van der Waals surface area contributed by atoms with Crippen LogP contribution in [-0.2, 0) is 11.3 Å². The van der Waals surface area contributed by atoms with Crippen molar-refractivity contribution in [2.45, 2.75) is 19.1 Å². The second-order valence-corrected chi connectivity index (χ2v) is 3.52. The molecule has 0 bridgehead atoms. The Morgan fingerprint density at radius 2 is 2.22 bits per heavy atom. The van der Waals surface area contributed by atoms with Crippen molar-refractivity contribution < 1.29 is 27.8 Å². The van der Waals surface area contributed by atoms with Gasteiger partial charge in [-0.05, 0) is 6.42 Å². The van der Waals surface area contributed by atoms with Gasteiger partial charge >= 0.3 is 12.1 Å². The lowest BCUT2D eigenvalue weighted by Crippen LogP contribution is -2.17. The molecule has 0 saturated heterocycles. The van der Waals surface area contributed by atoms with Crippen LogP contribution in [0.2, 0.25) is 0 Å². The molecular formula is C9H12F3N3O3. The summed E-state index contributed by atoms with van der Waals surface area (Å²) in [5.41, 5.74) is 5.13. The van der Waals surface area contributed by atoms with Crippen LogP contribution in [0.15, 0.2) is 6.20 Å². The van der Waals surface area contributed by atoms with Crippen molar-refractivity contribution >= 4 is 11.7 Å². The maximum absolute atomic E-state index is 11.7. The highest BCUT2D eigenvalue weighted by Crippen LogP contribution is 2.14. The molecule has 1 aromatic heterocycles. The Kier molecular flexibility index (Phi) is 4.54. The van der Waals surface area contributed by atoms with Crippen LogP contribution in [-0.4, -0.2) is 40.2 Å². The fourth-order valence-corrected chi connectivity index (χ4v) is 1.23. The van der Waals surface area contributed by atoms with E-state index in [1.807, 2.05) is 0 Å². The van der Waals surface area contributed by atoms with Gasteiger partial charge in [0.05, 0.1) is 5.69 Å². The van der Waals surface area contributed by atoms with Gasteiger partial charge in [-0.2, -0.15) is 18.3 Å². The smallest absolute Gasteiger partial charge is 0.411 e. The minimum atomic E-state index is -4.34. The third kappa shape index (κ3) is 4.62. The van der Waals surface area contributed by atoms with E-state index in [-0.39, 0.29) is 31.0 Å². The number of aromatic carboxylic acids is 1. The molecule has 0 unspecified atom stereocenters. The summed E-state index contributed by atoms with van der Waals surface area (Å²) in [7, 11) is 0. The lowest BCUT2D eigenvalue weighted by molar-refractivity contribution is -0.174. The average Bonchev–Trinajstić information content (AvgIpc) is 2.57. The summed E-state index contributed by atoms with van der Waals surface area (Å²) in [6.07, 6.45) is -2.75. The van der Waals surface area contributed by atoms with Crippen LogP contribution in [0.5, 0.6) is 0 Å². The molecule has 18 heavy (non-hydrogen) atoms. The van der Waals surface area contributed by atoms with Crippen molar-refractivity contribution in [1.82, 2.24) is 9.78 Å². The number of alkyl halides is 3. The summed E-state index contributed by atoms with van der Waals surface area (Å²) in [6, 6.07) is 0. The molecule has 1 aromatic rings. The Bertz CT molecular complexity index is 417. The maximum Gasteiger partial charge on any atom is 0.411 e. The van der Waals surface area contributed by atoms with E-state index in [9.17, 15) is 18.0 Å². The predicted octanol–water partition coefficient (Wildman–Crippen LogP) is 1.13. The number of hydrogen-bond donors (Lipinski definition) is 2. The molecule has 6 nitrogen and oxygen atoms in total. The van der Waals surface area contributed by atoms with Crippen LogP contribution < -0.4 is 5.73 Å². The van der Waals surface area contributed by atoms with Gasteiger partial charge in [0.1, 0.15) is 6.61 Å². The highest BCUT2D eigenvalue weighted by molar-refractivity contribution is 5.91. The van der Waals surface area contributed by atoms with Crippen molar-refractivity contribution in [2.24, 2.45) is 0 Å². The topological polar surface area (TPSA) is 90.4 Å². The van der Waals surface area contributed by atoms with Crippen LogP contribution in [0.3, 0.4) is 0 Å². The van der Waals surface area contributed by atoms with Gasteiger partial charge in [-0.15, -0.1) is 0 Å². The second-order valence-electron chi connectivity index (χ2n) is 3.52. The van der Waals surface area contributed by atoms with Crippen molar-refractivity contribution in [3.63, 3.8) is 0 Å². The van der Waals surface area contributed by atoms with Crippen molar-refractivity contribution in [2.75, 3.05) is 18.9 Å². The van der Waals surface area contributed by atoms with E-state index >= 15 is 0 Å². The van der Waals surface area contributed by atoms with Gasteiger partial charge in [0, 0.05) is 19.3 Å². The molecule has 3 N–H and O–H groups in total. The number of hydrogen-bond acceptors (Lipinski definition) is 4. The van der Waals surface area contributed by atoms with Crippen LogP contribution in [0.4, 0.5) is 18.9 Å². The van der Waals surface area contributed by atoms with E-state index in [1.54, 1.807) is 0 Å². The molecule has 0 atom stereocenters. The van der Waals surface area contributed by atoms with Gasteiger partial charge in [-0.1, -0.05) is 0 Å². The molecule has 0 aliphatic carbocycles. The van der Waals surface area contributed by atoms with Crippen molar-refractivity contribution in [3.05, 3.63) is 11.9 Å². The molecule has 0 radical (unpaired) electrons. The normalized spacial score (nSPS) is 11.7. The second kappa shape index (κ2) is 5.71. The first-order chi connectivity index (χ1) is 8.29. The zero-order valence-electron chi connectivity index (χ0n) is 9.28. The number of nitrogens with zero attached hydrogens (tertiary/aromatic N) is 2. The number of nitrogens with two attached hydrogens (primary N) is 1. The van der Waals surface area contributed by atoms with E-state index in [1.165, 1.54) is 10.9 Å². The summed E-state index contributed by atoms with van der Waals surface area (Å²) < 4.78 is 40.8. The largest absolute Gasteiger partial charge is 0.476 e. The first-order valence-corrected chi connectivity index (χ1v) is 5.00. The molecular weight excluding hydrogens is 255 g/mol. The lowest BCUT2D eigenvalue weighted by atomic mass is 10.4. The molecule has 9 heteroatoms. The highest BCUT2D eigenvalue weighted by Gasteiger charge is 2.27. The number of aromatic nitrogens is 2. The number of carbonyl (C=O) groups is 1. The molecule has 0 aliphatic rings. The molecule has 1 heterocycles. The number of ether oxygens (including phenoxy) is 1. The van der Waals surface area contributed by atoms with Crippen molar-refractivity contribution in [3.8, 4) is 0 Å². The monoisotopic (exact) mass is 267 g/mol. The number of carboxylic acids is 1. The molecule has 0 spiro atoms. The number of nitrogen functional groups attached to an aromatic ring is 1. The molecule has 102 valence electrons. The van der Waals surface area contributed by atoms with Gasteiger partial charge in [-0.25, -0.2) is 4.79 Å². The number of rotatable bonds is 6. The summed E-state index contributed by atoms with van der Waals surface area (Å²) in [6.45, 7) is -1.16. The molecule has 0 amide bonds. The van der Waals surface area contributed by atoms with Gasteiger partial charge in [0.2, 0.25) is 0 Å². The standard InChI is InChI=1S/C9H12F3N3O3/c10-9(11,12)5-18-3-1-2-15-4-6(13)7(14-15)8(16)17/h4H,1-3,5,13H2,(H,16,17). The third-order valence-corrected chi connectivity index (χ3v) is 1.93. The molecule has 0 saturated carbocycles. The number of carboxylic acid groups (broad SMARTS) is 1. The van der Waals surface area contributed by atoms with Gasteiger partial charge in [0.15, 0.2) is 5.69 Å². The van der Waals surface area contributed by atoms with Gasteiger partial charge < -0.3 is 15.6 Å². The molecule has 0 fully saturated rings. The zero-order valence-corrected chi connectivity index (χ0v) is 9.28. The molecule has 0 aliphatic heterocycles. The molecule has 1 rings (SSSR count). The van der Waals surface area contributed by atoms with Crippen LogP contribution >= 0.6 is 0 Å². The van der Waals surface area contributed by atoms with Gasteiger partial charge in [-0.3, -0.25) is 4.68 Å². The summed E-state index contributed by atoms with van der Waals surface area (Å²) >= 11 is 0. The van der Waals surface area contributed by atoms with Gasteiger partial charge in [0.25, 0.3) is 0 Å². The van der Waals surface area contributed by atoms with E-state index < -0.39 is 18.8 Å². The lowest BCUT2D eigenvalue weighted by Gasteiger charge is -2.07. The Balaban J connectivity index is 2.32. The Hall–Kier alpha value is -1.77. The first kappa shape index (κ1) is 14.3. The van der Waals surface area contributed by atoms with Crippen molar-refractivity contribution in [1.29, 1.82) is 0 Å². The van der Waals surface area contributed by atoms with E-state index in [0.717, 1.165) is 0 Å². The van der Waals surface area contributed by atoms with Crippen LogP contribution in [0.1, 0.15) is 16.9 Å². The highest BCUT2D eigenvalue weighted by atomic mass is 19.4. The Morgan fingerprint density at radius 1 is 1.56 bits per heavy atom. The number of anilines is 1. The summed E-state index contributed by atoms with van der Waals surface area (Å²) in [5, 5.41) is 12.3. The summed E-state index contributed by atoms with van der Waals surface area (Å²) in [4.78, 5) is 10.6. The number of halogens is 3. The van der Waals surface area contributed by atoms with Crippen LogP contribution in [0, 0.1) is 0 Å². The fraction of sp³-hybridized carbons (Fsp3) is 0.556. The van der Waals surface area contributed by atoms with E-state index in [2.05, 4.69) is 9.84 Å². The zero-order chi connectivity index (χ0) is 13.8. The minimum Gasteiger partial charge on any atom is -0.476 e. The number of aryl methyl sites for hydroxylation is 1. The van der Waals surface area contributed by atoms with Crippen LogP contribution in [0.25, 0.3) is 0 Å². The molecule has 0 aromatic carbocycles. The maximum atomic E-state index is 11.7. The Labute approximate surface area is 100 Å². The fourth-order valence-electron chi connectivity index (χ4n) is 1.23. The summed E-state index contributed by atoms with van der Waals surface area (Å²) in [5.74, 6) is -1.25. The predicted molar refractivity (Wildman–Crippen MR) is 55.1 cm³/mol. The van der Waals surface area contributed by atoms with E-state index in [4.69, 9.17) is 10.8 Å². The van der Waals surface area contributed by atoms with E-state index in [0.29, 0.717) is 0 Å². The SMILES string of the molecule is Nc1cn(CCCOCC(F)(F)F)nc1C(=O)O. The average molecular weight is 267 g/mol. The quantitative estimate of drug-likeness (QED) is 0.754. The third-order valence-electron chi connectivity index (χ3n) is 1.93. The Morgan fingerprint density at radius 3 is 2.72 bits per heavy atom. The first-order valence-electron chi connectivity index (χ1n) is 5.00. The minimum absolute atomic E-state index is 0.0127.